The molecule has 0 aromatic rings. The first-order valence-electron chi connectivity index (χ1n) is 10.5. The SMILES string of the molecule is C=C1CCC[C@]2(C)C[C@H]3OC(=O)[C@@H](C[NH2+][C@H]4CCCCNC4=O)[C@H]3C[C@@H]12. The second-order valence-corrected chi connectivity index (χ2v) is 9.27. The second kappa shape index (κ2) is 6.99. The summed E-state index contributed by atoms with van der Waals surface area (Å²) in [4.78, 5) is 24.8. The van der Waals surface area contributed by atoms with Crippen molar-refractivity contribution in [2.75, 3.05) is 13.1 Å². The summed E-state index contributed by atoms with van der Waals surface area (Å²) in [6.07, 6.45) is 8.66. The molecule has 5 nitrogen and oxygen atoms in total. The quantitative estimate of drug-likeness (QED) is 0.592. The van der Waals surface area contributed by atoms with E-state index >= 15 is 0 Å². The van der Waals surface area contributed by atoms with Crippen LogP contribution in [0.15, 0.2) is 12.2 Å². The minimum atomic E-state index is -0.0738. The van der Waals surface area contributed by atoms with E-state index in [0.717, 1.165) is 45.1 Å². The lowest BCUT2D eigenvalue weighted by Crippen LogP contribution is -2.94. The Bertz CT molecular complexity index is 604. The van der Waals surface area contributed by atoms with E-state index in [0.29, 0.717) is 18.4 Å². The van der Waals surface area contributed by atoms with Crippen LogP contribution in [0.1, 0.15) is 58.3 Å². The molecule has 6 atom stereocenters. The topological polar surface area (TPSA) is 72.0 Å². The molecule has 0 aromatic carbocycles. The standard InChI is InChI=1S/C21H32N2O3/c1-13-6-5-8-21(2)11-18-14(10-16(13)21)15(20(25)26-18)12-23-17-7-3-4-9-22-19(17)24/h14-18,23H,1,3-12H2,2H3,(H,22,24)/p+1/t14-,15+,16+,17+,18-,21-/m1/s1. The van der Waals surface area contributed by atoms with Crippen molar-refractivity contribution < 1.29 is 19.6 Å². The maximum Gasteiger partial charge on any atom is 0.315 e. The van der Waals surface area contributed by atoms with Crippen molar-refractivity contribution in [1.82, 2.24) is 5.32 Å². The summed E-state index contributed by atoms with van der Waals surface area (Å²) in [5.74, 6) is 0.826. The van der Waals surface area contributed by atoms with Gasteiger partial charge in [-0.25, -0.2) is 0 Å². The number of rotatable bonds is 3. The molecule has 0 unspecified atom stereocenters. The maximum atomic E-state index is 12.6. The molecule has 4 aliphatic rings. The average Bonchev–Trinajstić information content (AvgIpc) is 2.74. The van der Waals surface area contributed by atoms with Crippen molar-refractivity contribution in [3.8, 4) is 0 Å². The summed E-state index contributed by atoms with van der Waals surface area (Å²) >= 11 is 0. The summed E-state index contributed by atoms with van der Waals surface area (Å²) in [7, 11) is 0. The van der Waals surface area contributed by atoms with Crippen molar-refractivity contribution in [2.24, 2.45) is 23.2 Å². The largest absolute Gasteiger partial charge is 0.462 e. The predicted molar refractivity (Wildman–Crippen MR) is 98.1 cm³/mol. The van der Waals surface area contributed by atoms with E-state index in [1.165, 1.54) is 18.4 Å². The van der Waals surface area contributed by atoms with Gasteiger partial charge in [-0.15, -0.1) is 0 Å². The van der Waals surface area contributed by atoms with Crippen LogP contribution in [-0.4, -0.2) is 37.1 Å². The fourth-order valence-electron chi connectivity index (χ4n) is 6.02. The van der Waals surface area contributed by atoms with Crippen LogP contribution in [0.25, 0.3) is 0 Å². The van der Waals surface area contributed by atoms with Gasteiger partial charge in [0.1, 0.15) is 12.0 Å². The zero-order valence-electron chi connectivity index (χ0n) is 16.0. The molecular formula is C21H33N2O3+. The molecule has 4 rings (SSSR count). The van der Waals surface area contributed by atoms with Crippen LogP contribution < -0.4 is 10.6 Å². The number of fused-ring (bicyclic) bond motifs is 2. The summed E-state index contributed by atoms with van der Waals surface area (Å²) < 4.78 is 5.83. The molecule has 2 aliphatic carbocycles. The highest BCUT2D eigenvalue weighted by Gasteiger charge is 2.55. The van der Waals surface area contributed by atoms with Crippen LogP contribution in [0.2, 0.25) is 0 Å². The molecule has 2 saturated heterocycles. The Balaban J connectivity index is 1.44. The van der Waals surface area contributed by atoms with Gasteiger partial charge in [0.25, 0.3) is 5.91 Å². The van der Waals surface area contributed by atoms with E-state index in [1.807, 2.05) is 0 Å². The van der Waals surface area contributed by atoms with E-state index in [9.17, 15) is 9.59 Å². The van der Waals surface area contributed by atoms with Gasteiger partial charge in [0.2, 0.25) is 0 Å². The Labute approximate surface area is 156 Å². The molecule has 0 aromatic heterocycles. The van der Waals surface area contributed by atoms with Gasteiger partial charge < -0.3 is 15.4 Å². The Hall–Kier alpha value is -1.36. The molecule has 0 radical (unpaired) electrons. The minimum Gasteiger partial charge on any atom is -0.462 e. The predicted octanol–water partition coefficient (Wildman–Crippen LogP) is 1.53. The van der Waals surface area contributed by atoms with Gasteiger partial charge in [-0.1, -0.05) is 19.1 Å². The summed E-state index contributed by atoms with van der Waals surface area (Å²) in [5.41, 5.74) is 1.62. The molecule has 4 fully saturated rings. The molecule has 5 heteroatoms. The summed E-state index contributed by atoms with van der Waals surface area (Å²) in [5, 5.41) is 5.08. The molecule has 3 N–H and O–H groups in total. The van der Waals surface area contributed by atoms with Gasteiger partial charge in [0.05, 0.1) is 6.54 Å². The van der Waals surface area contributed by atoms with Gasteiger partial charge in [-0.3, -0.25) is 9.59 Å². The minimum absolute atomic E-state index is 0.0434. The maximum absolute atomic E-state index is 12.6. The average molecular weight is 362 g/mol. The van der Waals surface area contributed by atoms with Crippen molar-refractivity contribution in [1.29, 1.82) is 0 Å². The molecule has 2 aliphatic heterocycles. The number of hydrogen-bond acceptors (Lipinski definition) is 3. The molecule has 2 heterocycles. The molecule has 26 heavy (non-hydrogen) atoms. The first-order valence-corrected chi connectivity index (χ1v) is 10.5. The first-order chi connectivity index (χ1) is 12.5. The molecule has 0 bridgehead atoms. The van der Waals surface area contributed by atoms with E-state index in [4.69, 9.17) is 4.74 Å². The molecule has 2 saturated carbocycles. The number of esters is 1. The van der Waals surface area contributed by atoms with E-state index < -0.39 is 0 Å². The van der Waals surface area contributed by atoms with Gasteiger partial charge in [0, 0.05) is 18.9 Å². The fourth-order valence-corrected chi connectivity index (χ4v) is 6.02. The van der Waals surface area contributed by atoms with E-state index in [2.05, 4.69) is 24.1 Å². The second-order valence-electron chi connectivity index (χ2n) is 9.27. The zero-order valence-corrected chi connectivity index (χ0v) is 16.0. The third-order valence-electron chi connectivity index (χ3n) is 7.57. The van der Waals surface area contributed by atoms with Crippen LogP contribution in [0, 0.1) is 23.2 Å². The zero-order chi connectivity index (χ0) is 18.3. The number of ether oxygens (including phenoxy) is 1. The Morgan fingerprint density at radius 3 is 3.00 bits per heavy atom. The summed E-state index contributed by atoms with van der Waals surface area (Å²) in [6.45, 7) is 8.17. The highest BCUT2D eigenvalue weighted by atomic mass is 16.6. The van der Waals surface area contributed by atoms with Crippen LogP contribution in [0.4, 0.5) is 0 Å². The van der Waals surface area contributed by atoms with Crippen molar-refractivity contribution in [2.45, 2.75) is 70.4 Å². The number of hydrogen-bond donors (Lipinski definition) is 2. The van der Waals surface area contributed by atoms with Crippen molar-refractivity contribution >= 4 is 11.9 Å². The van der Waals surface area contributed by atoms with Crippen LogP contribution in [0.3, 0.4) is 0 Å². The highest BCUT2D eigenvalue weighted by Crippen LogP contribution is 2.56. The van der Waals surface area contributed by atoms with Crippen molar-refractivity contribution in [3.63, 3.8) is 0 Å². The van der Waals surface area contributed by atoms with Crippen LogP contribution in [0.5, 0.6) is 0 Å². The molecular weight excluding hydrogens is 328 g/mol. The number of carbonyl (C=O) groups is 2. The lowest BCUT2D eigenvalue weighted by atomic mass is 9.55. The number of nitrogens with one attached hydrogen (secondary N) is 1. The van der Waals surface area contributed by atoms with Gasteiger partial charge >= 0.3 is 5.97 Å². The van der Waals surface area contributed by atoms with Crippen molar-refractivity contribution in [3.05, 3.63) is 12.2 Å². The Morgan fingerprint density at radius 2 is 2.15 bits per heavy atom. The first kappa shape index (κ1) is 18.0. The van der Waals surface area contributed by atoms with Gasteiger partial charge in [0.15, 0.2) is 6.04 Å². The molecule has 1 amide bonds. The normalized spacial score (nSPS) is 43.1. The lowest BCUT2D eigenvalue weighted by Gasteiger charge is -2.49. The molecule has 144 valence electrons. The monoisotopic (exact) mass is 361 g/mol. The van der Waals surface area contributed by atoms with Crippen LogP contribution in [-0.2, 0) is 14.3 Å². The smallest absolute Gasteiger partial charge is 0.315 e. The third kappa shape index (κ3) is 3.19. The third-order valence-corrected chi connectivity index (χ3v) is 7.57. The Morgan fingerprint density at radius 1 is 1.31 bits per heavy atom. The fraction of sp³-hybridized carbons (Fsp3) is 0.810. The van der Waals surface area contributed by atoms with E-state index in [-0.39, 0.29) is 35.4 Å². The number of amides is 1. The van der Waals surface area contributed by atoms with E-state index in [1.54, 1.807) is 0 Å². The number of nitrogens with two attached hydrogens (primary N) is 1. The summed E-state index contributed by atoms with van der Waals surface area (Å²) in [6, 6.07) is -0.0529. The Kier molecular flexibility index (Phi) is 4.84. The number of carbonyl (C=O) groups excluding carboxylic acids is 2. The van der Waals surface area contributed by atoms with Gasteiger partial charge in [-0.05, 0) is 56.3 Å². The van der Waals surface area contributed by atoms with Crippen LogP contribution >= 0.6 is 0 Å². The van der Waals surface area contributed by atoms with Gasteiger partial charge in [-0.2, -0.15) is 0 Å². The molecule has 0 spiro atoms. The number of allylic oxidation sites excluding steroid dienone is 1. The lowest BCUT2D eigenvalue weighted by molar-refractivity contribution is -0.681. The number of quaternary nitrogens is 1. The highest BCUT2D eigenvalue weighted by molar-refractivity contribution is 5.80.